The maximum atomic E-state index is 13.3. The van der Waals surface area contributed by atoms with E-state index in [4.69, 9.17) is 14.7 Å². The van der Waals surface area contributed by atoms with Gasteiger partial charge in [0.2, 0.25) is 0 Å². The maximum Gasteiger partial charge on any atom is 0.410 e. The molecule has 3 aromatic rings. The van der Waals surface area contributed by atoms with E-state index in [0.29, 0.717) is 37.3 Å². The Labute approximate surface area is 209 Å². The van der Waals surface area contributed by atoms with Crippen LogP contribution >= 0.6 is 0 Å². The minimum absolute atomic E-state index is 0.00459. The van der Waals surface area contributed by atoms with Gasteiger partial charge in [-0.2, -0.15) is 5.26 Å². The van der Waals surface area contributed by atoms with Gasteiger partial charge in [-0.15, -0.1) is 0 Å². The molecular formula is C29H25N3O4. The van der Waals surface area contributed by atoms with Crippen LogP contribution in [0.1, 0.15) is 45.9 Å². The number of benzene rings is 2. The van der Waals surface area contributed by atoms with Crippen molar-refractivity contribution in [1.29, 1.82) is 5.26 Å². The van der Waals surface area contributed by atoms with Gasteiger partial charge in [-0.3, -0.25) is 14.7 Å². The number of nitrogens with zero attached hydrogens (tertiary/aromatic N) is 3. The molecule has 7 nitrogen and oxygen atoms in total. The van der Waals surface area contributed by atoms with Crippen LogP contribution in [0, 0.1) is 17.2 Å². The van der Waals surface area contributed by atoms with Crippen LogP contribution in [0.2, 0.25) is 0 Å². The maximum absolute atomic E-state index is 13.3. The lowest BCUT2D eigenvalue weighted by Gasteiger charge is -2.47. The first-order valence-electron chi connectivity index (χ1n) is 12.3. The Morgan fingerprint density at radius 1 is 1.00 bits per heavy atom. The standard InChI is InChI=1S/C29H25N3O4/c30-14-18-9-10-31-27(11-18)28(33)19-12-20-15-35-16-21(13-19)32(20)29(34)36-17-26-24-7-3-1-5-22(24)23-6-2-4-8-25(23)26/h1-11,19-21,26H,12-13,15-17H2. The van der Waals surface area contributed by atoms with Gasteiger partial charge in [0.1, 0.15) is 12.3 Å². The molecule has 1 aromatic heterocycles. The van der Waals surface area contributed by atoms with Crippen LogP contribution in [0.5, 0.6) is 0 Å². The molecule has 6 rings (SSSR count). The Bertz CT molecular complexity index is 1320. The summed E-state index contributed by atoms with van der Waals surface area (Å²) in [5.74, 6) is -0.366. The van der Waals surface area contributed by atoms with E-state index in [1.165, 1.54) is 34.5 Å². The molecule has 36 heavy (non-hydrogen) atoms. The minimum atomic E-state index is -0.356. The fourth-order valence-electron chi connectivity index (χ4n) is 5.94. The van der Waals surface area contributed by atoms with Crippen molar-refractivity contribution in [3.63, 3.8) is 0 Å². The van der Waals surface area contributed by atoms with Crippen molar-refractivity contribution in [2.24, 2.45) is 5.92 Å². The number of hydrogen-bond acceptors (Lipinski definition) is 6. The summed E-state index contributed by atoms with van der Waals surface area (Å²) in [5.41, 5.74) is 5.43. The Kier molecular flexibility index (Phi) is 5.74. The van der Waals surface area contributed by atoms with Crippen LogP contribution in [0.4, 0.5) is 4.79 Å². The van der Waals surface area contributed by atoms with E-state index < -0.39 is 0 Å². The molecule has 2 atom stereocenters. The number of ether oxygens (including phenoxy) is 2. The number of hydrogen-bond donors (Lipinski definition) is 0. The second-order valence-corrected chi connectivity index (χ2v) is 9.63. The molecule has 2 bridgehead atoms. The quantitative estimate of drug-likeness (QED) is 0.509. The smallest absolute Gasteiger partial charge is 0.410 e. The molecule has 0 spiro atoms. The summed E-state index contributed by atoms with van der Waals surface area (Å²) >= 11 is 0. The largest absolute Gasteiger partial charge is 0.448 e. The number of carbonyl (C=O) groups excluding carboxylic acids is 2. The van der Waals surface area contributed by atoms with E-state index in [2.05, 4.69) is 35.3 Å². The Balaban J connectivity index is 1.16. The number of Topliss-reactive ketones (excluding diaryl/α,β-unsaturated/α-hetero) is 1. The highest BCUT2D eigenvalue weighted by molar-refractivity contribution is 5.96. The summed E-state index contributed by atoms with van der Waals surface area (Å²) in [5, 5.41) is 9.16. The number of morpholine rings is 1. The van der Waals surface area contributed by atoms with Gasteiger partial charge in [0, 0.05) is 18.0 Å². The van der Waals surface area contributed by atoms with E-state index >= 15 is 0 Å². The monoisotopic (exact) mass is 479 g/mol. The number of piperidine rings is 1. The third kappa shape index (κ3) is 3.84. The molecular weight excluding hydrogens is 454 g/mol. The van der Waals surface area contributed by atoms with E-state index in [-0.39, 0.29) is 42.4 Å². The molecule has 2 saturated heterocycles. The Morgan fingerprint density at radius 3 is 2.28 bits per heavy atom. The fraction of sp³-hybridized carbons (Fsp3) is 0.310. The third-order valence-corrected chi connectivity index (χ3v) is 7.58. The average Bonchev–Trinajstić information content (AvgIpc) is 3.24. The van der Waals surface area contributed by atoms with Crippen molar-refractivity contribution < 1.29 is 19.1 Å². The van der Waals surface area contributed by atoms with Crippen molar-refractivity contribution in [3.8, 4) is 17.2 Å². The number of nitriles is 1. The van der Waals surface area contributed by atoms with Crippen LogP contribution in [0.25, 0.3) is 11.1 Å². The van der Waals surface area contributed by atoms with E-state index in [1.807, 2.05) is 24.3 Å². The Morgan fingerprint density at radius 2 is 1.64 bits per heavy atom. The summed E-state index contributed by atoms with van der Waals surface area (Å²) in [6.45, 7) is 1.00. The number of ketones is 1. The summed E-state index contributed by atoms with van der Waals surface area (Å²) in [6.07, 6.45) is 2.10. The molecule has 3 heterocycles. The summed E-state index contributed by atoms with van der Waals surface area (Å²) in [6, 6.07) is 21.2. The molecule has 180 valence electrons. The average molecular weight is 480 g/mol. The summed E-state index contributed by atoms with van der Waals surface area (Å²) in [4.78, 5) is 32.5. The van der Waals surface area contributed by atoms with E-state index in [1.54, 1.807) is 11.0 Å². The number of rotatable bonds is 4. The SMILES string of the molecule is N#Cc1ccnc(C(=O)C2CC3COCC(C2)N3C(=O)OCC2c3ccccc3-c3ccccc32)c1. The second kappa shape index (κ2) is 9.21. The van der Waals surface area contributed by atoms with E-state index in [0.717, 1.165) is 0 Å². The van der Waals surface area contributed by atoms with Crippen molar-refractivity contribution in [2.75, 3.05) is 19.8 Å². The van der Waals surface area contributed by atoms with Gasteiger partial charge in [0.25, 0.3) is 0 Å². The zero-order valence-corrected chi connectivity index (χ0v) is 19.7. The molecule has 2 aromatic carbocycles. The van der Waals surface area contributed by atoms with Crippen LogP contribution in [0.3, 0.4) is 0 Å². The molecule has 0 saturated carbocycles. The van der Waals surface area contributed by atoms with Gasteiger partial charge in [0.05, 0.1) is 36.9 Å². The number of amides is 1. The van der Waals surface area contributed by atoms with Crippen LogP contribution in [-0.2, 0) is 9.47 Å². The Hall–Kier alpha value is -4.02. The highest BCUT2D eigenvalue weighted by atomic mass is 16.6. The van der Waals surface area contributed by atoms with Crippen molar-refractivity contribution >= 4 is 11.9 Å². The number of carbonyl (C=O) groups is 2. The molecule has 0 radical (unpaired) electrons. The molecule has 2 aliphatic heterocycles. The third-order valence-electron chi connectivity index (χ3n) is 7.58. The van der Waals surface area contributed by atoms with Crippen LogP contribution in [-0.4, -0.2) is 53.7 Å². The minimum Gasteiger partial charge on any atom is -0.448 e. The number of fused-ring (bicyclic) bond motifs is 5. The molecule has 2 fully saturated rings. The highest BCUT2D eigenvalue weighted by Gasteiger charge is 2.45. The van der Waals surface area contributed by atoms with Gasteiger partial charge < -0.3 is 9.47 Å². The predicted octanol–water partition coefficient (Wildman–Crippen LogP) is 4.56. The highest BCUT2D eigenvalue weighted by Crippen LogP contribution is 2.44. The molecule has 1 aliphatic carbocycles. The second-order valence-electron chi connectivity index (χ2n) is 9.63. The van der Waals surface area contributed by atoms with Crippen molar-refractivity contribution in [1.82, 2.24) is 9.88 Å². The van der Waals surface area contributed by atoms with Gasteiger partial charge in [-0.1, -0.05) is 48.5 Å². The molecule has 2 unspecified atom stereocenters. The molecule has 3 aliphatic rings. The lowest BCUT2D eigenvalue weighted by atomic mass is 9.81. The van der Waals surface area contributed by atoms with Gasteiger partial charge in [0.15, 0.2) is 5.78 Å². The zero-order chi connectivity index (χ0) is 24.6. The number of aromatic nitrogens is 1. The van der Waals surface area contributed by atoms with Crippen LogP contribution in [0.15, 0.2) is 66.9 Å². The van der Waals surface area contributed by atoms with Crippen molar-refractivity contribution in [3.05, 3.63) is 89.2 Å². The lowest BCUT2D eigenvalue weighted by Crippen LogP contribution is -2.60. The van der Waals surface area contributed by atoms with Gasteiger partial charge in [-0.05, 0) is 47.2 Å². The zero-order valence-electron chi connectivity index (χ0n) is 19.7. The first-order valence-corrected chi connectivity index (χ1v) is 12.3. The lowest BCUT2D eigenvalue weighted by molar-refractivity contribution is -0.0748. The summed E-state index contributed by atoms with van der Waals surface area (Å²) < 4.78 is 11.7. The van der Waals surface area contributed by atoms with Gasteiger partial charge in [-0.25, -0.2) is 4.79 Å². The first-order chi connectivity index (χ1) is 17.6. The normalized spacial score (nSPS) is 22.3. The molecule has 7 heteroatoms. The fourth-order valence-corrected chi connectivity index (χ4v) is 5.94. The molecule has 1 amide bonds. The number of pyridine rings is 1. The summed E-state index contributed by atoms with van der Waals surface area (Å²) in [7, 11) is 0. The van der Waals surface area contributed by atoms with E-state index in [9.17, 15) is 9.59 Å². The first kappa shape index (κ1) is 22.4. The van der Waals surface area contributed by atoms with Crippen LogP contribution < -0.4 is 0 Å². The topological polar surface area (TPSA) is 92.5 Å². The predicted molar refractivity (Wildman–Crippen MR) is 131 cm³/mol. The van der Waals surface area contributed by atoms with Crippen molar-refractivity contribution in [2.45, 2.75) is 30.8 Å². The molecule has 0 N–H and O–H groups in total. The van der Waals surface area contributed by atoms with Gasteiger partial charge >= 0.3 is 6.09 Å².